The lowest BCUT2D eigenvalue weighted by molar-refractivity contribution is 0.143. The Labute approximate surface area is 109 Å². The molecular formula is C14H23N3O. The molecule has 0 bridgehead atoms. The number of hydrogen-bond donors (Lipinski definition) is 1. The molecule has 2 fully saturated rings. The SMILES string of the molecule is Cn1ccnc1CCC1(CNC2CC2)CCOC1. The third kappa shape index (κ3) is 2.75. The first-order chi connectivity index (χ1) is 8.77. The van der Waals surface area contributed by atoms with Gasteiger partial charge in [-0.3, -0.25) is 0 Å². The molecule has 0 spiro atoms. The van der Waals surface area contributed by atoms with E-state index in [1.807, 2.05) is 12.4 Å². The van der Waals surface area contributed by atoms with Crippen molar-refractivity contribution in [3.63, 3.8) is 0 Å². The second-order valence-electron chi connectivity index (χ2n) is 5.91. The van der Waals surface area contributed by atoms with Gasteiger partial charge in [0.15, 0.2) is 0 Å². The van der Waals surface area contributed by atoms with Crippen molar-refractivity contribution in [2.45, 2.75) is 38.1 Å². The number of hydrogen-bond acceptors (Lipinski definition) is 3. The first-order valence-electron chi connectivity index (χ1n) is 7.05. The molecule has 2 heterocycles. The van der Waals surface area contributed by atoms with E-state index in [4.69, 9.17) is 4.74 Å². The zero-order chi connectivity index (χ0) is 12.4. The highest BCUT2D eigenvalue weighted by Crippen LogP contribution is 2.34. The Morgan fingerprint density at radius 2 is 2.44 bits per heavy atom. The van der Waals surface area contributed by atoms with E-state index in [1.54, 1.807) is 0 Å². The lowest BCUT2D eigenvalue weighted by Gasteiger charge is -2.27. The Morgan fingerprint density at radius 3 is 3.06 bits per heavy atom. The van der Waals surface area contributed by atoms with E-state index in [0.29, 0.717) is 5.41 Å². The largest absolute Gasteiger partial charge is 0.381 e. The molecule has 0 amide bonds. The van der Waals surface area contributed by atoms with E-state index in [-0.39, 0.29) is 0 Å². The summed E-state index contributed by atoms with van der Waals surface area (Å²) in [5, 5.41) is 3.68. The number of aryl methyl sites for hydroxylation is 2. The van der Waals surface area contributed by atoms with Crippen LogP contribution in [0.5, 0.6) is 0 Å². The Hall–Kier alpha value is -0.870. The molecule has 1 saturated heterocycles. The summed E-state index contributed by atoms with van der Waals surface area (Å²) in [4.78, 5) is 4.42. The van der Waals surface area contributed by atoms with Gasteiger partial charge < -0.3 is 14.6 Å². The van der Waals surface area contributed by atoms with Crippen LogP contribution in [0, 0.1) is 5.41 Å². The molecule has 4 nitrogen and oxygen atoms in total. The fraction of sp³-hybridized carbons (Fsp3) is 0.786. The predicted molar refractivity (Wildman–Crippen MR) is 70.4 cm³/mol. The minimum atomic E-state index is 0.342. The number of rotatable bonds is 6. The van der Waals surface area contributed by atoms with E-state index in [2.05, 4.69) is 21.9 Å². The lowest BCUT2D eigenvalue weighted by Crippen LogP contribution is -2.36. The highest BCUT2D eigenvalue weighted by molar-refractivity contribution is 4.96. The van der Waals surface area contributed by atoms with Crippen LogP contribution in [-0.2, 0) is 18.2 Å². The van der Waals surface area contributed by atoms with Crippen LogP contribution in [0.15, 0.2) is 12.4 Å². The van der Waals surface area contributed by atoms with Crippen molar-refractivity contribution in [3.8, 4) is 0 Å². The Balaban J connectivity index is 1.57. The minimum Gasteiger partial charge on any atom is -0.381 e. The van der Waals surface area contributed by atoms with Crippen LogP contribution in [0.25, 0.3) is 0 Å². The number of aromatic nitrogens is 2. The van der Waals surface area contributed by atoms with Crippen LogP contribution in [0.4, 0.5) is 0 Å². The first-order valence-corrected chi connectivity index (χ1v) is 7.05. The van der Waals surface area contributed by atoms with Crippen LogP contribution in [-0.4, -0.2) is 35.4 Å². The van der Waals surface area contributed by atoms with Gasteiger partial charge >= 0.3 is 0 Å². The second-order valence-corrected chi connectivity index (χ2v) is 5.91. The monoisotopic (exact) mass is 249 g/mol. The van der Waals surface area contributed by atoms with Crippen LogP contribution < -0.4 is 5.32 Å². The number of imidazole rings is 1. The average molecular weight is 249 g/mol. The topological polar surface area (TPSA) is 39.1 Å². The zero-order valence-electron chi connectivity index (χ0n) is 11.2. The van der Waals surface area contributed by atoms with Crippen molar-refractivity contribution in [1.82, 2.24) is 14.9 Å². The summed E-state index contributed by atoms with van der Waals surface area (Å²) in [6, 6.07) is 0.788. The summed E-state index contributed by atoms with van der Waals surface area (Å²) in [5.74, 6) is 1.19. The van der Waals surface area contributed by atoms with Gasteiger partial charge in [0.05, 0.1) is 6.61 Å². The third-order valence-corrected chi connectivity index (χ3v) is 4.33. The maximum Gasteiger partial charge on any atom is 0.108 e. The van der Waals surface area contributed by atoms with Crippen molar-refractivity contribution in [2.75, 3.05) is 19.8 Å². The second kappa shape index (κ2) is 5.02. The summed E-state index contributed by atoms with van der Waals surface area (Å²) < 4.78 is 7.77. The van der Waals surface area contributed by atoms with Gasteiger partial charge in [-0.15, -0.1) is 0 Å². The van der Waals surface area contributed by atoms with E-state index in [9.17, 15) is 0 Å². The molecule has 1 unspecified atom stereocenters. The number of nitrogens with zero attached hydrogens (tertiary/aromatic N) is 2. The summed E-state index contributed by atoms with van der Waals surface area (Å²) in [7, 11) is 2.07. The number of ether oxygens (including phenoxy) is 1. The number of nitrogens with one attached hydrogen (secondary N) is 1. The van der Waals surface area contributed by atoms with E-state index in [1.165, 1.54) is 31.5 Å². The predicted octanol–water partition coefficient (Wildman–Crippen LogP) is 1.51. The van der Waals surface area contributed by atoms with Gasteiger partial charge in [0.25, 0.3) is 0 Å². The van der Waals surface area contributed by atoms with Crippen molar-refractivity contribution < 1.29 is 4.74 Å². The normalized spacial score (nSPS) is 27.8. The molecule has 2 aliphatic rings. The molecule has 1 aliphatic carbocycles. The molecule has 1 aromatic heterocycles. The Morgan fingerprint density at radius 1 is 1.56 bits per heavy atom. The fourth-order valence-electron chi connectivity index (χ4n) is 2.74. The highest BCUT2D eigenvalue weighted by atomic mass is 16.5. The molecule has 4 heteroatoms. The molecular weight excluding hydrogens is 226 g/mol. The van der Waals surface area contributed by atoms with Crippen molar-refractivity contribution in [3.05, 3.63) is 18.2 Å². The van der Waals surface area contributed by atoms with Crippen LogP contribution in [0.1, 0.15) is 31.5 Å². The van der Waals surface area contributed by atoms with Gasteiger partial charge in [-0.25, -0.2) is 4.98 Å². The van der Waals surface area contributed by atoms with E-state index >= 15 is 0 Å². The molecule has 100 valence electrons. The summed E-state index contributed by atoms with van der Waals surface area (Å²) in [6.45, 7) is 2.95. The Bertz CT molecular complexity index is 391. The van der Waals surface area contributed by atoms with Crippen LogP contribution >= 0.6 is 0 Å². The zero-order valence-corrected chi connectivity index (χ0v) is 11.2. The maximum absolute atomic E-state index is 5.65. The van der Waals surface area contributed by atoms with Crippen molar-refractivity contribution in [2.24, 2.45) is 12.5 Å². The van der Waals surface area contributed by atoms with Gasteiger partial charge in [-0.1, -0.05) is 0 Å². The van der Waals surface area contributed by atoms with Gasteiger partial charge in [0, 0.05) is 50.5 Å². The van der Waals surface area contributed by atoms with E-state index < -0.39 is 0 Å². The maximum atomic E-state index is 5.65. The molecule has 1 saturated carbocycles. The van der Waals surface area contributed by atoms with Crippen molar-refractivity contribution in [1.29, 1.82) is 0 Å². The average Bonchev–Trinajstić information content (AvgIpc) is 2.94. The molecule has 1 aromatic rings. The molecule has 18 heavy (non-hydrogen) atoms. The van der Waals surface area contributed by atoms with E-state index in [0.717, 1.165) is 32.2 Å². The van der Waals surface area contributed by atoms with Gasteiger partial charge in [-0.2, -0.15) is 0 Å². The molecule has 0 aromatic carbocycles. The summed E-state index contributed by atoms with van der Waals surface area (Å²) in [6.07, 6.45) is 10.0. The molecule has 1 atom stereocenters. The highest BCUT2D eigenvalue weighted by Gasteiger charge is 2.36. The van der Waals surface area contributed by atoms with Gasteiger partial charge in [0.1, 0.15) is 5.82 Å². The van der Waals surface area contributed by atoms with Crippen LogP contribution in [0.3, 0.4) is 0 Å². The first kappa shape index (κ1) is 12.2. The van der Waals surface area contributed by atoms with Gasteiger partial charge in [-0.05, 0) is 25.7 Å². The smallest absolute Gasteiger partial charge is 0.108 e. The Kier molecular flexibility index (Phi) is 3.39. The standard InChI is InChI=1S/C14H23N3O/c1-17-8-7-15-13(17)4-5-14(6-9-18-11-14)10-16-12-2-3-12/h7-8,12,16H,2-6,9-11H2,1H3. The lowest BCUT2D eigenvalue weighted by atomic mass is 9.82. The van der Waals surface area contributed by atoms with Crippen LogP contribution in [0.2, 0.25) is 0 Å². The third-order valence-electron chi connectivity index (χ3n) is 4.33. The van der Waals surface area contributed by atoms with Gasteiger partial charge in [0.2, 0.25) is 0 Å². The fourth-order valence-corrected chi connectivity index (χ4v) is 2.74. The molecule has 0 radical (unpaired) electrons. The molecule has 1 aliphatic heterocycles. The molecule has 3 rings (SSSR count). The summed E-state index contributed by atoms with van der Waals surface area (Å²) >= 11 is 0. The summed E-state index contributed by atoms with van der Waals surface area (Å²) in [5.41, 5.74) is 0.342. The minimum absolute atomic E-state index is 0.342. The molecule has 1 N–H and O–H groups in total. The quantitative estimate of drug-likeness (QED) is 0.830. The van der Waals surface area contributed by atoms with Crippen molar-refractivity contribution >= 4 is 0 Å².